The van der Waals surface area contributed by atoms with Crippen molar-refractivity contribution in [2.24, 2.45) is 0 Å². The van der Waals surface area contributed by atoms with Gasteiger partial charge in [0.1, 0.15) is 12.1 Å². The summed E-state index contributed by atoms with van der Waals surface area (Å²) in [7, 11) is 0. The molecule has 0 aliphatic carbocycles. The van der Waals surface area contributed by atoms with Gasteiger partial charge in [-0.05, 0) is 6.07 Å². The van der Waals surface area contributed by atoms with E-state index in [1.807, 2.05) is 6.07 Å². The number of hydrogen-bond acceptors (Lipinski definition) is 4. The van der Waals surface area contributed by atoms with Crippen LogP contribution in [0.2, 0.25) is 0 Å². The summed E-state index contributed by atoms with van der Waals surface area (Å²) >= 11 is 0. The van der Waals surface area contributed by atoms with Crippen molar-refractivity contribution >= 4 is 5.97 Å². The van der Waals surface area contributed by atoms with E-state index in [9.17, 15) is 4.79 Å². The minimum Gasteiger partial charge on any atom is -0.480 e. The van der Waals surface area contributed by atoms with Gasteiger partial charge in [0.15, 0.2) is 0 Å². The number of pyridine rings is 1. The Hall–Kier alpha value is -1.62. The first-order chi connectivity index (χ1) is 7.25. The lowest BCUT2D eigenvalue weighted by molar-refractivity contribution is -0.139. The zero-order chi connectivity index (χ0) is 10.7. The molecule has 0 amide bonds. The zero-order valence-electron chi connectivity index (χ0n) is 8.09. The van der Waals surface area contributed by atoms with Gasteiger partial charge in [-0.2, -0.15) is 0 Å². The first-order valence-corrected chi connectivity index (χ1v) is 4.79. The van der Waals surface area contributed by atoms with Gasteiger partial charge >= 0.3 is 5.97 Å². The van der Waals surface area contributed by atoms with Crippen LogP contribution in [-0.4, -0.2) is 34.8 Å². The highest BCUT2D eigenvalue weighted by Gasteiger charge is 2.30. The van der Waals surface area contributed by atoms with Crippen LogP contribution < -0.4 is 10.1 Å². The van der Waals surface area contributed by atoms with Gasteiger partial charge < -0.3 is 15.2 Å². The second kappa shape index (κ2) is 4.27. The van der Waals surface area contributed by atoms with E-state index in [0.29, 0.717) is 18.8 Å². The number of carboxylic acids is 1. The Balaban J connectivity index is 1.90. The van der Waals surface area contributed by atoms with Crippen LogP contribution in [0.25, 0.3) is 0 Å². The van der Waals surface area contributed by atoms with Crippen molar-refractivity contribution in [3.05, 3.63) is 24.4 Å². The van der Waals surface area contributed by atoms with Gasteiger partial charge in [-0.3, -0.25) is 4.79 Å². The van der Waals surface area contributed by atoms with Gasteiger partial charge in [0, 0.05) is 25.2 Å². The van der Waals surface area contributed by atoms with Crippen LogP contribution in [0.15, 0.2) is 24.4 Å². The van der Waals surface area contributed by atoms with Crippen LogP contribution >= 0.6 is 0 Å². The van der Waals surface area contributed by atoms with E-state index in [2.05, 4.69) is 10.3 Å². The molecule has 1 aromatic heterocycles. The second-order valence-corrected chi connectivity index (χ2v) is 3.44. The first kappa shape index (κ1) is 9.92. The molecule has 2 atom stereocenters. The summed E-state index contributed by atoms with van der Waals surface area (Å²) in [4.78, 5) is 14.7. The van der Waals surface area contributed by atoms with Gasteiger partial charge in [-0.1, -0.05) is 6.07 Å². The van der Waals surface area contributed by atoms with Crippen molar-refractivity contribution in [2.45, 2.75) is 18.6 Å². The van der Waals surface area contributed by atoms with Crippen molar-refractivity contribution in [1.82, 2.24) is 10.3 Å². The number of aromatic nitrogens is 1. The predicted octanol–water partition coefficient (Wildman–Crippen LogP) is 0.276. The Morgan fingerprint density at radius 3 is 3.07 bits per heavy atom. The number of ether oxygens (including phenoxy) is 1. The van der Waals surface area contributed by atoms with Gasteiger partial charge in [0.2, 0.25) is 5.88 Å². The SMILES string of the molecule is O=C(O)[C@@H]1C[C@@H](Oc2ccccn2)CN1. The smallest absolute Gasteiger partial charge is 0.320 e. The van der Waals surface area contributed by atoms with Crippen LogP contribution in [0.1, 0.15) is 6.42 Å². The summed E-state index contributed by atoms with van der Waals surface area (Å²) in [6.45, 7) is 0.549. The first-order valence-electron chi connectivity index (χ1n) is 4.79. The Morgan fingerprint density at radius 1 is 1.60 bits per heavy atom. The maximum Gasteiger partial charge on any atom is 0.320 e. The maximum atomic E-state index is 10.7. The molecule has 80 valence electrons. The molecule has 0 unspecified atom stereocenters. The van der Waals surface area contributed by atoms with Gasteiger partial charge in [0.25, 0.3) is 0 Å². The highest BCUT2D eigenvalue weighted by molar-refractivity contribution is 5.73. The van der Waals surface area contributed by atoms with Crippen molar-refractivity contribution in [2.75, 3.05) is 6.54 Å². The Morgan fingerprint density at radius 2 is 2.47 bits per heavy atom. The molecular formula is C10H12N2O3. The number of rotatable bonds is 3. The van der Waals surface area contributed by atoms with Crippen LogP contribution in [-0.2, 0) is 4.79 Å². The fourth-order valence-electron chi connectivity index (χ4n) is 1.57. The molecule has 2 heterocycles. The molecule has 1 fully saturated rings. The molecule has 2 rings (SSSR count). The number of nitrogens with one attached hydrogen (secondary N) is 1. The number of carbonyl (C=O) groups is 1. The summed E-state index contributed by atoms with van der Waals surface area (Å²) in [6.07, 6.45) is 2.01. The molecule has 0 spiro atoms. The molecule has 0 bridgehead atoms. The monoisotopic (exact) mass is 208 g/mol. The lowest BCUT2D eigenvalue weighted by atomic mass is 10.2. The number of aliphatic carboxylic acids is 1. The topological polar surface area (TPSA) is 71.5 Å². The standard InChI is InChI=1S/C10H12N2O3/c13-10(14)8-5-7(6-12-8)15-9-3-1-2-4-11-9/h1-4,7-8,12H,5-6H2,(H,13,14)/t7-,8+/m1/s1. The number of nitrogens with zero attached hydrogens (tertiary/aromatic N) is 1. The number of hydrogen-bond donors (Lipinski definition) is 2. The van der Waals surface area contributed by atoms with Crippen molar-refractivity contribution in [3.63, 3.8) is 0 Å². The van der Waals surface area contributed by atoms with Crippen LogP contribution in [0, 0.1) is 0 Å². The lowest BCUT2D eigenvalue weighted by Crippen LogP contribution is -2.30. The summed E-state index contributed by atoms with van der Waals surface area (Å²) in [5, 5.41) is 11.6. The van der Waals surface area contributed by atoms with Crippen LogP contribution in [0.5, 0.6) is 5.88 Å². The van der Waals surface area contributed by atoms with E-state index in [1.54, 1.807) is 18.3 Å². The fraction of sp³-hybridized carbons (Fsp3) is 0.400. The summed E-state index contributed by atoms with van der Waals surface area (Å²) < 4.78 is 5.52. The predicted molar refractivity (Wildman–Crippen MR) is 52.7 cm³/mol. The molecule has 1 saturated heterocycles. The Bertz CT molecular complexity index is 342. The molecule has 5 nitrogen and oxygen atoms in total. The van der Waals surface area contributed by atoms with E-state index in [4.69, 9.17) is 9.84 Å². The minimum atomic E-state index is -0.831. The molecule has 2 N–H and O–H groups in total. The molecule has 0 saturated carbocycles. The molecule has 1 aromatic rings. The average molecular weight is 208 g/mol. The van der Waals surface area contributed by atoms with E-state index in [-0.39, 0.29) is 6.10 Å². The van der Waals surface area contributed by atoms with E-state index in [1.165, 1.54) is 0 Å². The van der Waals surface area contributed by atoms with Gasteiger partial charge in [-0.15, -0.1) is 0 Å². The Labute approximate surface area is 87.1 Å². The zero-order valence-corrected chi connectivity index (χ0v) is 8.09. The quantitative estimate of drug-likeness (QED) is 0.746. The summed E-state index contributed by atoms with van der Waals surface area (Å²) in [6, 6.07) is 4.89. The van der Waals surface area contributed by atoms with Crippen LogP contribution in [0.3, 0.4) is 0 Å². The molecule has 1 aliphatic rings. The average Bonchev–Trinajstić information content (AvgIpc) is 2.68. The molecule has 1 aliphatic heterocycles. The van der Waals surface area contributed by atoms with Gasteiger partial charge in [0.05, 0.1) is 0 Å². The maximum absolute atomic E-state index is 10.7. The largest absolute Gasteiger partial charge is 0.480 e. The van der Waals surface area contributed by atoms with Crippen molar-refractivity contribution in [3.8, 4) is 5.88 Å². The van der Waals surface area contributed by atoms with Crippen LogP contribution in [0.4, 0.5) is 0 Å². The summed E-state index contributed by atoms with van der Waals surface area (Å²) in [5.74, 6) is -0.294. The van der Waals surface area contributed by atoms with E-state index >= 15 is 0 Å². The second-order valence-electron chi connectivity index (χ2n) is 3.44. The lowest BCUT2D eigenvalue weighted by Gasteiger charge is -2.10. The summed E-state index contributed by atoms with van der Waals surface area (Å²) in [5.41, 5.74) is 0. The van der Waals surface area contributed by atoms with E-state index < -0.39 is 12.0 Å². The third kappa shape index (κ3) is 2.44. The van der Waals surface area contributed by atoms with Gasteiger partial charge in [-0.25, -0.2) is 4.98 Å². The number of carboxylic acid groups (broad SMARTS) is 1. The van der Waals surface area contributed by atoms with E-state index in [0.717, 1.165) is 0 Å². The third-order valence-corrected chi connectivity index (χ3v) is 2.31. The molecule has 0 aromatic carbocycles. The molecular weight excluding hydrogens is 196 g/mol. The minimum absolute atomic E-state index is 0.110. The van der Waals surface area contributed by atoms with Crippen molar-refractivity contribution in [1.29, 1.82) is 0 Å². The highest BCUT2D eigenvalue weighted by Crippen LogP contribution is 2.14. The fourth-order valence-corrected chi connectivity index (χ4v) is 1.57. The third-order valence-electron chi connectivity index (χ3n) is 2.31. The molecule has 5 heteroatoms. The molecule has 0 radical (unpaired) electrons. The Kier molecular flexibility index (Phi) is 2.82. The highest BCUT2D eigenvalue weighted by atomic mass is 16.5. The normalized spacial score (nSPS) is 25.1. The molecule has 15 heavy (non-hydrogen) atoms. The van der Waals surface area contributed by atoms with Crippen molar-refractivity contribution < 1.29 is 14.6 Å².